The highest BCUT2D eigenvalue weighted by molar-refractivity contribution is 5.96. The maximum Gasteiger partial charge on any atom is 0.307 e. The van der Waals surface area contributed by atoms with Gasteiger partial charge < -0.3 is 19.9 Å². The summed E-state index contributed by atoms with van der Waals surface area (Å²) in [4.78, 5) is 24.5. The summed E-state index contributed by atoms with van der Waals surface area (Å²) in [5.41, 5.74) is 0.620. The molecule has 6 heteroatoms. The van der Waals surface area contributed by atoms with E-state index >= 15 is 0 Å². The summed E-state index contributed by atoms with van der Waals surface area (Å²) in [6, 6.07) is 5.28. The number of hydrogen-bond acceptors (Lipinski definition) is 4. The van der Waals surface area contributed by atoms with E-state index in [1.165, 1.54) is 0 Å². The SMILES string of the molecule is O=C(O)[C@@H]1C2CCC(CC2)[C@H]1C(=O)Nc1ccc2c(c1)OCCO2. The molecule has 2 bridgehead atoms. The van der Waals surface area contributed by atoms with Crippen molar-refractivity contribution in [1.82, 2.24) is 0 Å². The number of amides is 1. The number of anilines is 1. The Balaban J connectivity index is 1.54. The number of hydrogen-bond donors (Lipinski definition) is 2. The minimum Gasteiger partial charge on any atom is -0.486 e. The second kappa shape index (κ2) is 6.00. The van der Waals surface area contributed by atoms with Crippen molar-refractivity contribution >= 4 is 17.6 Å². The maximum atomic E-state index is 12.8. The molecule has 0 aromatic heterocycles. The number of carboxylic acids is 1. The van der Waals surface area contributed by atoms with Gasteiger partial charge in [0.1, 0.15) is 13.2 Å². The Morgan fingerprint density at radius 2 is 1.58 bits per heavy atom. The Bertz CT molecular complexity index is 665. The van der Waals surface area contributed by atoms with Gasteiger partial charge in [-0.25, -0.2) is 0 Å². The third-order valence-corrected chi connectivity index (χ3v) is 5.62. The summed E-state index contributed by atoms with van der Waals surface area (Å²) >= 11 is 0. The van der Waals surface area contributed by atoms with Gasteiger partial charge in [-0.1, -0.05) is 0 Å². The highest BCUT2D eigenvalue weighted by Crippen LogP contribution is 2.49. The van der Waals surface area contributed by atoms with Crippen molar-refractivity contribution in [3.63, 3.8) is 0 Å². The van der Waals surface area contributed by atoms with E-state index in [1.807, 2.05) is 0 Å². The lowest BCUT2D eigenvalue weighted by atomic mass is 9.58. The summed E-state index contributed by atoms with van der Waals surface area (Å²) in [6.45, 7) is 1.00. The van der Waals surface area contributed by atoms with E-state index in [9.17, 15) is 14.7 Å². The number of benzene rings is 1. The van der Waals surface area contributed by atoms with Gasteiger partial charge in [-0.3, -0.25) is 9.59 Å². The van der Waals surface area contributed by atoms with Crippen LogP contribution in [0.5, 0.6) is 11.5 Å². The van der Waals surface area contributed by atoms with Gasteiger partial charge in [0.05, 0.1) is 11.8 Å². The maximum absolute atomic E-state index is 12.8. The molecule has 3 saturated carbocycles. The van der Waals surface area contributed by atoms with E-state index in [-0.39, 0.29) is 17.7 Å². The van der Waals surface area contributed by atoms with Crippen molar-refractivity contribution in [2.24, 2.45) is 23.7 Å². The Labute approximate surface area is 140 Å². The fraction of sp³-hybridized carbons (Fsp3) is 0.556. The van der Waals surface area contributed by atoms with Crippen LogP contribution in [-0.2, 0) is 9.59 Å². The van der Waals surface area contributed by atoms with Gasteiger partial charge in [-0.05, 0) is 49.7 Å². The van der Waals surface area contributed by atoms with E-state index in [0.29, 0.717) is 30.4 Å². The van der Waals surface area contributed by atoms with Crippen LogP contribution >= 0.6 is 0 Å². The van der Waals surface area contributed by atoms with E-state index in [0.717, 1.165) is 25.7 Å². The Morgan fingerprint density at radius 1 is 0.958 bits per heavy atom. The number of carbonyl (C=O) groups is 2. The van der Waals surface area contributed by atoms with Crippen molar-refractivity contribution < 1.29 is 24.2 Å². The predicted octanol–water partition coefficient (Wildman–Crippen LogP) is 2.53. The summed E-state index contributed by atoms with van der Waals surface area (Å²) in [6.07, 6.45) is 3.76. The van der Waals surface area contributed by atoms with Gasteiger partial charge in [-0.2, -0.15) is 0 Å². The highest BCUT2D eigenvalue weighted by Gasteiger charge is 2.50. The molecule has 4 aliphatic rings. The smallest absolute Gasteiger partial charge is 0.307 e. The average molecular weight is 331 g/mol. The fourth-order valence-electron chi connectivity index (χ4n) is 4.53. The first-order valence-electron chi connectivity index (χ1n) is 8.57. The van der Waals surface area contributed by atoms with Crippen LogP contribution in [0.1, 0.15) is 25.7 Å². The molecule has 128 valence electrons. The summed E-state index contributed by atoms with van der Waals surface area (Å²) in [5, 5.41) is 12.5. The van der Waals surface area contributed by atoms with Crippen LogP contribution in [0.25, 0.3) is 0 Å². The number of ether oxygens (including phenoxy) is 2. The molecule has 0 spiro atoms. The first kappa shape index (κ1) is 15.3. The number of carbonyl (C=O) groups excluding carboxylic acids is 1. The van der Waals surface area contributed by atoms with E-state index in [1.54, 1.807) is 18.2 Å². The van der Waals surface area contributed by atoms with Gasteiger partial charge in [0.2, 0.25) is 5.91 Å². The van der Waals surface area contributed by atoms with Gasteiger partial charge >= 0.3 is 5.97 Å². The summed E-state index contributed by atoms with van der Waals surface area (Å²) in [7, 11) is 0. The number of aliphatic carboxylic acids is 1. The molecular weight excluding hydrogens is 310 g/mol. The molecule has 2 N–H and O–H groups in total. The lowest BCUT2D eigenvalue weighted by Crippen LogP contribution is -2.49. The van der Waals surface area contributed by atoms with Crippen molar-refractivity contribution in [1.29, 1.82) is 0 Å². The van der Waals surface area contributed by atoms with E-state index in [4.69, 9.17) is 9.47 Å². The standard InChI is InChI=1S/C18H21NO5/c20-17(15-10-1-3-11(4-2-10)16(15)18(21)22)19-12-5-6-13-14(9-12)24-8-7-23-13/h5-6,9-11,15-16H,1-4,7-8H2,(H,19,20)(H,21,22)/t10?,11?,15-,16-/m1/s1. The van der Waals surface area contributed by atoms with Crippen molar-refractivity contribution in [3.8, 4) is 11.5 Å². The van der Waals surface area contributed by atoms with Crippen LogP contribution in [0, 0.1) is 23.7 Å². The molecule has 1 aromatic carbocycles. The van der Waals surface area contributed by atoms with Gasteiger partial charge in [0.25, 0.3) is 0 Å². The molecule has 0 radical (unpaired) electrons. The third-order valence-electron chi connectivity index (χ3n) is 5.62. The molecule has 6 nitrogen and oxygen atoms in total. The molecule has 5 rings (SSSR count). The molecule has 24 heavy (non-hydrogen) atoms. The first-order chi connectivity index (χ1) is 11.6. The average Bonchev–Trinajstić information content (AvgIpc) is 2.61. The zero-order valence-corrected chi connectivity index (χ0v) is 13.4. The summed E-state index contributed by atoms with van der Waals surface area (Å²) in [5.74, 6) is -0.451. The van der Waals surface area contributed by atoms with Crippen LogP contribution in [-0.4, -0.2) is 30.2 Å². The Morgan fingerprint density at radius 3 is 2.25 bits per heavy atom. The zero-order valence-electron chi connectivity index (χ0n) is 13.4. The molecule has 0 unspecified atom stereocenters. The normalized spacial score (nSPS) is 30.7. The Kier molecular flexibility index (Phi) is 3.82. The number of rotatable bonds is 3. The number of nitrogens with one attached hydrogen (secondary N) is 1. The highest BCUT2D eigenvalue weighted by atomic mass is 16.6. The van der Waals surface area contributed by atoms with Crippen LogP contribution in [0.15, 0.2) is 18.2 Å². The van der Waals surface area contributed by atoms with Gasteiger partial charge in [0.15, 0.2) is 11.5 Å². The lowest BCUT2D eigenvalue weighted by Gasteiger charge is -2.45. The number of carboxylic acid groups (broad SMARTS) is 1. The second-order valence-electron chi connectivity index (χ2n) is 6.91. The van der Waals surface area contributed by atoms with Crippen molar-refractivity contribution in [2.45, 2.75) is 25.7 Å². The Hall–Kier alpha value is -2.24. The number of fused-ring (bicyclic) bond motifs is 4. The topological polar surface area (TPSA) is 84.9 Å². The largest absolute Gasteiger partial charge is 0.486 e. The summed E-state index contributed by atoms with van der Waals surface area (Å²) < 4.78 is 11.0. The van der Waals surface area contributed by atoms with Crippen LogP contribution in [0.4, 0.5) is 5.69 Å². The lowest BCUT2D eigenvalue weighted by molar-refractivity contribution is -0.156. The van der Waals surface area contributed by atoms with Crippen LogP contribution in [0.3, 0.4) is 0 Å². The molecule has 1 heterocycles. The van der Waals surface area contributed by atoms with Crippen molar-refractivity contribution in [2.75, 3.05) is 18.5 Å². The fourth-order valence-corrected chi connectivity index (χ4v) is 4.53. The molecular formula is C18H21NO5. The predicted molar refractivity (Wildman–Crippen MR) is 86.1 cm³/mol. The van der Waals surface area contributed by atoms with Crippen LogP contribution < -0.4 is 14.8 Å². The molecule has 2 atom stereocenters. The van der Waals surface area contributed by atoms with E-state index in [2.05, 4.69) is 5.32 Å². The van der Waals surface area contributed by atoms with E-state index < -0.39 is 17.8 Å². The molecule has 3 aliphatic carbocycles. The zero-order chi connectivity index (χ0) is 16.7. The molecule has 0 saturated heterocycles. The minimum absolute atomic E-state index is 0.128. The quantitative estimate of drug-likeness (QED) is 0.889. The monoisotopic (exact) mass is 331 g/mol. The van der Waals surface area contributed by atoms with Crippen LogP contribution in [0.2, 0.25) is 0 Å². The molecule has 1 aromatic rings. The molecule has 3 fully saturated rings. The third kappa shape index (κ3) is 2.60. The first-order valence-corrected chi connectivity index (χ1v) is 8.57. The second-order valence-corrected chi connectivity index (χ2v) is 6.91. The molecule has 1 amide bonds. The van der Waals surface area contributed by atoms with Gasteiger partial charge in [0, 0.05) is 11.8 Å². The van der Waals surface area contributed by atoms with Crippen molar-refractivity contribution in [3.05, 3.63) is 18.2 Å². The van der Waals surface area contributed by atoms with Gasteiger partial charge in [-0.15, -0.1) is 0 Å². The molecule has 1 aliphatic heterocycles. The minimum atomic E-state index is -0.841.